The predicted molar refractivity (Wildman–Crippen MR) is 44.1 cm³/mol. The molecular weight excluding hydrogens is 176 g/mol. The maximum Gasteiger partial charge on any atom is 0.331 e. The summed E-state index contributed by atoms with van der Waals surface area (Å²) in [4.78, 5) is 20.6. The lowest BCUT2D eigenvalue weighted by Gasteiger charge is -1.99. The summed E-state index contributed by atoms with van der Waals surface area (Å²) in [6.07, 6.45) is 2.70. The summed E-state index contributed by atoms with van der Waals surface area (Å²) < 4.78 is 4.59. The molecule has 0 amide bonds. The van der Waals surface area contributed by atoms with Crippen molar-refractivity contribution in [3.8, 4) is 0 Å². The van der Waals surface area contributed by atoms with Gasteiger partial charge in [0.1, 0.15) is 0 Å². The molecule has 0 aromatic rings. The summed E-state index contributed by atoms with van der Waals surface area (Å²) in [6.45, 7) is 0.256. The Labute approximate surface area is 75.6 Å². The minimum Gasteiger partial charge on any atom is -0.478 e. The summed E-state index contributed by atoms with van der Waals surface area (Å²) in [5.74, 6) is -1.87. The Balaban J connectivity index is 3.46. The lowest BCUT2D eigenvalue weighted by molar-refractivity contribution is -0.138. The molecule has 0 aromatic heterocycles. The topological polar surface area (TPSA) is 83.8 Å². The molecule has 0 saturated heterocycles. The average Bonchev–Trinajstić information content (AvgIpc) is 2.09. The molecule has 0 aliphatic rings. The van der Waals surface area contributed by atoms with Gasteiger partial charge in [0.05, 0.1) is 6.61 Å². The average molecular weight is 188 g/mol. The molecule has 0 unspecified atom stereocenters. The van der Waals surface area contributed by atoms with Gasteiger partial charge >= 0.3 is 11.9 Å². The van der Waals surface area contributed by atoms with Gasteiger partial charge in [-0.2, -0.15) is 0 Å². The first-order valence-corrected chi connectivity index (χ1v) is 3.85. The Morgan fingerprint density at radius 2 is 1.92 bits per heavy atom. The molecule has 74 valence electrons. The Morgan fingerprint density at radius 3 is 2.46 bits per heavy atom. The number of aliphatic carboxylic acids is 1. The van der Waals surface area contributed by atoms with Crippen LogP contribution in [0.5, 0.6) is 0 Å². The molecule has 0 heterocycles. The van der Waals surface area contributed by atoms with Gasteiger partial charge in [-0.15, -0.1) is 0 Å². The number of hydrogen-bond acceptors (Lipinski definition) is 4. The smallest absolute Gasteiger partial charge is 0.331 e. The van der Waals surface area contributed by atoms with E-state index in [0.29, 0.717) is 18.9 Å². The predicted octanol–water partition coefficient (Wildman–Crippen LogP) is -0.0571. The van der Waals surface area contributed by atoms with Crippen molar-refractivity contribution in [2.75, 3.05) is 13.2 Å². The summed E-state index contributed by atoms with van der Waals surface area (Å²) >= 11 is 0. The highest BCUT2D eigenvalue weighted by Crippen LogP contribution is 1.90. The SMILES string of the molecule is O=C(O)/C=C\C(=O)OCCCCO. The van der Waals surface area contributed by atoms with E-state index in [0.717, 1.165) is 6.08 Å². The number of aliphatic hydroxyl groups is 1. The number of rotatable bonds is 6. The van der Waals surface area contributed by atoms with Crippen molar-refractivity contribution in [2.45, 2.75) is 12.8 Å². The van der Waals surface area contributed by atoms with Gasteiger partial charge in [0, 0.05) is 18.8 Å². The van der Waals surface area contributed by atoms with E-state index in [1.165, 1.54) is 0 Å². The Morgan fingerprint density at radius 1 is 1.23 bits per heavy atom. The fourth-order valence-corrected chi connectivity index (χ4v) is 0.574. The molecule has 0 radical (unpaired) electrons. The van der Waals surface area contributed by atoms with Crippen molar-refractivity contribution in [3.63, 3.8) is 0 Å². The molecule has 0 aliphatic carbocycles. The minimum absolute atomic E-state index is 0.0581. The molecule has 0 bridgehead atoms. The Bertz CT molecular complexity index is 197. The highest BCUT2D eigenvalue weighted by molar-refractivity contribution is 5.90. The van der Waals surface area contributed by atoms with Crippen LogP contribution in [0.15, 0.2) is 12.2 Å². The van der Waals surface area contributed by atoms with E-state index in [2.05, 4.69) is 4.74 Å². The van der Waals surface area contributed by atoms with Crippen LogP contribution in [0.4, 0.5) is 0 Å². The maximum atomic E-state index is 10.7. The standard InChI is InChI=1S/C8H12O5/c9-5-1-2-6-13-8(12)4-3-7(10)11/h3-4,9H,1-2,5-6H2,(H,10,11)/b4-3-. The zero-order chi connectivity index (χ0) is 10.1. The number of carboxylic acid groups (broad SMARTS) is 1. The maximum absolute atomic E-state index is 10.7. The summed E-state index contributed by atoms with van der Waals surface area (Å²) in [7, 11) is 0. The van der Waals surface area contributed by atoms with E-state index in [1.54, 1.807) is 0 Å². The molecule has 0 aliphatic heterocycles. The van der Waals surface area contributed by atoms with Crippen LogP contribution < -0.4 is 0 Å². The number of carbonyl (C=O) groups excluding carboxylic acids is 1. The van der Waals surface area contributed by atoms with Crippen molar-refractivity contribution in [2.24, 2.45) is 0 Å². The molecular formula is C8H12O5. The van der Waals surface area contributed by atoms with Gasteiger partial charge in [-0.1, -0.05) is 0 Å². The summed E-state index contributed by atoms with van der Waals surface area (Å²) in [5, 5.41) is 16.5. The number of carbonyl (C=O) groups is 2. The molecule has 0 saturated carbocycles. The van der Waals surface area contributed by atoms with Crippen molar-refractivity contribution < 1.29 is 24.5 Å². The first kappa shape index (κ1) is 11.6. The fourth-order valence-electron chi connectivity index (χ4n) is 0.574. The van der Waals surface area contributed by atoms with E-state index in [1.807, 2.05) is 0 Å². The molecule has 0 fully saturated rings. The minimum atomic E-state index is -1.19. The number of aliphatic hydroxyl groups excluding tert-OH is 1. The van der Waals surface area contributed by atoms with Crippen LogP contribution in [0.25, 0.3) is 0 Å². The monoisotopic (exact) mass is 188 g/mol. The van der Waals surface area contributed by atoms with Gasteiger partial charge in [0.15, 0.2) is 0 Å². The van der Waals surface area contributed by atoms with Crippen molar-refractivity contribution in [3.05, 3.63) is 12.2 Å². The quantitative estimate of drug-likeness (QED) is 0.346. The van der Waals surface area contributed by atoms with E-state index in [-0.39, 0.29) is 13.2 Å². The van der Waals surface area contributed by atoms with E-state index < -0.39 is 11.9 Å². The summed E-state index contributed by atoms with van der Waals surface area (Å²) in [6, 6.07) is 0. The van der Waals surface area contributed by atoms with Gasteiger partial charge in [-0.3, -0.25) is 0 Å². The lowest BCUT2D eigenvalue weighted by atomic mass is 10.3. The third-order valence-corrected chi connectivity index (χ3v) is 1.16. The van der Waals surface area contributed by atoms with Gasteiger partial charge in [0.2, 0.25) is 0 Å². The van der Waals surface area contributed by atoms with Gasteiger partial charge in [-0.25, -0.2) is 9.59 Å². The number of hydrogen-bond donors (Lipinski definition) is 2. The first-order chi connectivity index (χ1) is 6.16. The molecule has 5 nitrogen and oxygen atoms in total. The van der Waals surface area contributed by atoms with Gasteiger partial charge in [0.25, 0.3) is 0 Å². The zero-order valence-corrected chi connectivity index (χ0v) is 7.10. The van der Waals surface area contributed by atoms with E-state index >= 15 is 0 Å². The second-order valence-corrected chi connectivity index (χ2v) is 2.27. The Hall–Kier alpha value is -1.36. The molecule has 0 spiro atoms. The van der Waals surface area contributed by atoms with Crippen LogP contribution in [-0.2, 0) is 14.3 Å². The molecule has 0 atom stereocenters. The molecule has 5 heteroatoms. The molecule has 13 heavy (non-hydrogen) atoms. The van der Waals surface area contributed by atoms with Crippen LogP contribution in [0.2, 0.25) is 0 Å². The number of carboxylic acids is 1. The van der Waals surface area contributed by atoms with Crippen molar-refractivity contribution in [1.29, 1.82) is 0 Å². The normalized spacial score (nSPS) is 10.2. The highest BCUT2D eigenvalue weighted by Gasteiger charge is 1.97. The van der Waals surface area contributed by atoms with Crippen LogP contribution in [0, 0.1) is 0 Å². The largest absolute Gasteiger partial charge is 0.478 e. The van der Waals surface area contributed by atoms with Crippen LogP contribution in [0.1, 0.15) is 12.8 Å². The number of ether oxygens (including phenoxy) is 1. The molecule has 0 aromatic carbocycles. The highest BCUT2D eigenvalue weighted by atomic mass is 16.5. The third-order valence-electron chi connectivity index (χ3n) is 1.16. The van der Waals surface area contributed by atoms with Gasteiger partial charge < -0.3 is 14.9 Å². The third kappa shape index (κ3) is 8.55. The van der Waals surface area contributed by atoms with E-state index in [4.69, 9.17) is 10.2 Å². The molecule has 0 rings (SSSR count). The first-order valence-electron chi connectivity index (χ1n) is 3.85. The zero-order valence-electron chi connectivity index (χ0n) is 7.10. The van der Waals surface area contributed by atoms with Crippen LogP contribution in [-0.4, -0.2) is 35.4 Å². The summed E-state index contributed by atoms with van der Waals surface area (Å²) in [5.41, 5.74) is 0. The number of esters is 1. The molecule has 2 N–H and O–H groups in total. The van der Waals surface area contributed by atoms with Crippen molar-refractivity contribution in [1.82, 2.24) is 0 Å². The number of unbranched alkanes of at least 4 members (excludes halogenated alkanes) is 1. The second-order valence-electron chi connectivity index (χ2n) is 2.27. The Kier molecular flexibility index (Phi) is 6.53. The van der Waals surface area contributed by atoms with Crippen LogP contribution >= 0.6 is 0 Å². The van der Waals surface area contributed by atoms with Gasteiger partial charge in [-0.05, 0) is 12.8 Å². The lowest BCUT2D eigenvalue weighted by Crippen LogP contribution is -2.03. The second kappa shape index (κ2) is 7.30. The van der Waals surface area contributed by atoms with Crippen LogP contribution in [0.3, 0.4) is 0 Å². The van der Waals surface area contributed by atoms with Crippen molar-refractivity contribution >= 4 is 11.9 Å². The fraction of sp³-hybridized carbons (Fsp3) is 0.500. The van der Waals surface area contributed by atoms with E-state index in [9.17, 15) is 9.59 Å².